The Kier molecular flexibility index (Phi) is 4.98. The van der Waals surface area contributed by atoms with Crippen molar-refractivity contribution in [1.29, 1.82) is 0 Å². The van der Waals surface area contributed by atoms with E-state index in [2.05, 4.69) is 0 Å². The van der Waals surface area contributed by atoms with Gasteiger partial charge in [-0.05, 0) is 13.8 Å². The lowest BCUT2D eigenvalue weighted by atomic mass is 10.0. The number of aliphatic carboxylic acids is 1. The van der Waals surface area contributed by atoms with Crippen LogP contribution in [0.3, 0.4) is 0 Å². The van der Waals surface area contributed by atoms with Gasteiger partial charge in [0, 0.05) is 13.1 Å². The van der Waals surface area contributed by atoms with Crippen LogP contribution in [0, 0.1) is 0 Å². The second-order valence-corrected chi connectivity index (χ2v) is 4.80. The molecular weight excluding hydrogens is 281 g/mol. The Hall–Kier alpha value is -1.35. The maximum Gasteiger partial charge on any atom is 0.417 e. The zero-order valence-electron chi connectivity index (χ0n) is 11.2. The molecule has 9 heteroatoms. The van der Waals surface area contributed by atoms with Gasteiger partial charge in [0.25, 0.3) is 0 Å². The van der Waals surface area contributed by atoms with E-state index in [-0.39, 0.29) is 19.2 Å². The first-order valence-corrected chi connectivity index (χ1v) is 6.02. The fourth-order valence-electron chi connectivity index (χ4n) is 1.71. The third-order valence-electron chi connectivity index (χ3n) is 3.18. The van der Waals surface area contributed by atoms with Crippen molar-refractivity contribution in [3.05, 3.63) is 0 Å². The summed E-state index contributed by atoms with van der Waals surface area (Å²) in [7, 11) is 0. The van der Waals surface area contributed by atoms with E-state index >= 15 is 0 Å². The molecule has 20 heavy (non-hydrogen) atoms. The van der Waals surface area contributed by atoms with E-state index in [1.54, 1.807) is 12.2 Å². The zero-order chi connectivity index (χ0) is 15.6. The molecule has 0 aromatic heterocycles. The summed E-state index contributed by atoms with van der Waals surface area (Å²) in [4.78, 5) is 23.9. The summed E-state index contributed by atoms with van der Waals surface area (Å²) >= 11 is 0. The number of hydrogen-bond acceptors (Lipinski definition) is 4. The Morgan fingerprint density at radius 2 is 2.05 bits per heavy atom. The average Bonchev–Trinajstić information content (AvgIpc) is 2.33. The largest absolute Gasteiger partial charge is 0.480 e. The summed E-state index contributed by atoms with van der Waals surface area (Å²) in [6, 6.07) is 0. The molecule has 1 aliphatic rings. The van der Waals surface area contributed by atoms with Crippen molar-refractivity contribution >= 4 is 11.9 Å². The highest BCUT2D eigenvalue weighted by Crippen LogP contribution is 2.30. The van der Waals surface area contributed by atoms with Crippen LogP contribution in [0.4, 0.5) is 13.2 Å². The van der Waals surface area contributed by atoms with Gasteiger partial charge in [0.15, 0.2) is 0 Å². The highest BCUT2D eigenvalue weighted by Gasteiger charge is 2.57. The van der Waals surface area contributed by atoms with Gasteiger partial charge in [-0.3, -0.25) is 10.1 Å². The van der Waals surface area contributed by atoms with Gasteiger partial charge in [-0.25, -0.2) is 4.79 Å². The second kappa shape index (κ2) is 5.96. The molecule has 0 spiro atoms. The minimum atomic E-state index is -5.00. The van der Waals surface area contributed by atoms with Crippen LogP contribution in [0.25, 0.3) is 0 Å². The van der Waals surface area contributed by atoms with Crippen LogP contribution in [-0.4, -0.2) is 65.9 Å². The number of halogens is 3. The summed E-state index contributed by atoms with van der Waals surface area (Å²) < 4.78 is 43.4. The predicted octanol–water partition coefficient (Wildman–Crippen LogP) is 0.229. The molecule has 1 rings (SSSR count). The van der Waals surface area contributed by atoms with E-state index in [0.717, 1.165) is 0 Å². The van der Waals surface area contributed by atoms with E-state index in [4.69, 9.17) is 9.84 Å². The number of rotatable bonds is 4. The number of amides is 1. The number of carboxylic acid groups (broad SMARTS) is 1. The van der Waals surface area contributed by atoms with Gasteiger partial charge in [0.1, 0.15) is 0 Å². The average molecular weight is 298 g/mol. The Labute approximate surface area is 113 Å². The van der Waals surface area contributed by atoms with Crippen LogP contribution in [0.2, 0.25) is 0 Å². The van der Waals surface area contributed by atoms with Gasteiger partial charge in [0.2, 0.25) is 11.4 Å². The van der Waals surface area contributed by atoms with Gasteiger partial charge in [-0.15, -0.1) is 0 Å². The Morgan fingerprint density at radius 1 is 1.45 bits per heavy atom. The first-order valence-electron chi connectivity index (χ1n) is 6.02. The molecule has 1 amide bonds. The number of hydrogen-bond donors (Lipinski definition) is 2. The fraction of sp³-hybridized carbons (Fsp3) is 0.818. The van der Waals surface area contributed by atoms with Crippen molar-refractivity contribution in [3.8, 4) is 0 Å². The van der Waals surface area contributed by atoms with Crippen LogP contribution in [0.5, 0.6) is 0 Å². The molecule has 0 bridgehead atoms. The third kappa shape index (κ3) is 3.60. The first-order chi connectivity index (χ1) is 9.08. The number of alkyl halides is 3. The lowest BCUT2D eigenvalue weighted by molar-refractivity contribution is -0.206. The lowest BCUT2D eigenvalue weighted by Crippen LogP contribution is -2.62. The summed E-state index contributed by atoms with van der Waals surface area (Å²) in [6.45, 7) is 2.39. The zero-order valence-corrected chi connectivity index (χ0v) is 11.2. The number of carboxylic acids is 1. The minimum absolute atomic E-state index is 0.193. The second-order valence-electron chi connectivity index (χ2n) is 4.80. The molecule has 116 valence electrons. The summed E-state index contributed by atoms with van der Waals surface area (Å²) in [5.74, 6) is -2.66. The first kappa shape index (κ1) is 16.7. The van der Waals surface area contributed by atoms with Crippen molar-refractivity contribution in [2.24, 2.45) is 0 Å². The Bertz CT molecular complexity index is 388. The number of carbonyl (C=O) groups excluding carboxylic acids is 1. The SMILES string of the molecule is CC1CN(C(=O)CNC(C)(C(=O)O)C(F)(F)F)CCO1. The van der Waals surface area contributed by atoms with Crippen LogP contribution < -0.4 is 5.32 Å². The van der Waals surface area contributed by atoms with Crippen LogP contribution in [0.1, 0.15) is 13.8 Å². The molecule has 0 saturated carbocycles. The molecule has 1 heterocycles. The van der Waals surface area contributed by atoms with Gasteiger partial charge in [-0.2, -0.15) is 13.2 Å². The molecule has 0 aromatic rings. The minimum Gasteiger partial charge on any atom is -0.480 e. The van der Waals surface area contributed by atoms with Gasteiger partial charge in [0.05, 0.1) is 19.3 Å². The molecule has 2 atom stereocenters. The maximum absolute atomic E-state index is 12.7. The molecule has 1 fully saturated rings. The van der Waals surface area contributed by atoms with E-state index in [9.17, 15) is 22.8 Å². The molecule has 6 nitrogen and oxygen atoms in total. The van der Waals surface area contributed by atoms with E-state index in [0.29, 0.717) is 13.5 Å². The van der Waals surface area contributed by atoms with Crippen molar-refractivity contribution in [2.75, 3.05) is 26.2 Å². The molecular formula is C11H17F3N2O4. The van der Waals surface area contributed by atoms with Crippen molar-refractivity contribution < 1.29 is 32.6 Å². The Balaban J connectivity index is 2.64. The highest BCUT2D eigenvalue weighted by molar-refractivity contribution is 5.82. The predicted molar refractivity (Wildman–Crippen MR) is 62.1 cm³/mol. The molecule has 0 aliphatic carbocycles. The number of ether oxygens (including phenoxy) is 1. The van der Waals surface area contributed by atoms with E-state index in [1.165, 1.54) is 4.90 Å². The van der Waals surface area contributed by atoms with Gasteiger partial charge >= 0.3 is 12.1 Å². The molecule has 1 aliphatic heterocycles. The highest BCUT2D eigenvalue weighted by atomic mass is 19.4. The van der Waals surface area contributed by atoms with E-state index < -0.39 is 30.1 Å². The molecule has 0 radical (unpaired) electrons. The Morgan fingerprint density at radius 3 is 2.50 bits per heavy atom. The quantitative estimate of drug-likeness (QED) is 0.777. The topological polar surface area (TPSA) is 78.9 Å². The summed E-state index contributed by atoms with van der Waals surface area (Å²) in [5, 5.41) is 10.5. The van der Waals surface area contributed by atoms with Gasteiger partial charge < -0.3 is 14.7 Å². The van der Waals surface area contributed by atoms with Crippen molar-refractivity contribution in [2.45, 2.75) is 31.7 Å². The molecule has 2 unspecified atom stereocenters. The standard InChI is InChI=1S/C11H17F3N2O4/c1-7-6-16(3-4-20-7)8(17)5-15-10(2,9(18)19)11(12,13)14/h7,15H,3-6H2,1-2H3,(H,18,19). The monoisotopic (exact) mass is 298 g/mol. The van der Waals surface area contributed by atoms with Crippen molar-refractivity contribution in [3.63, 3.8) is 0 Å². The number of nitrogens with one attached hydrogen (secondary N) is 1. The summed E-state index contributed by atoms with van der Waals surface area (Å²) in [6.07, 6.45) is -5.20. The van der Waals surface area contributed by atoms with E-state index in [1.807, 2.05) is 0 Å². The number of nitrogens with zero attached hydrogens (tertiary/aromatic N) is 1. The van der Waals surface area contributed by atoms with Crippen molar-refractivity contribution in [1.82, 2.24) is 10.2 Å². The molecule has 2 N–H and O–H groups in total. The normalized spacial score (nSPS) is 23.2. The number of morpholine rings is 1. The molecule has 0 aromatic carbocycles. The van der Waals surface area contributed by atoms with Crippen LogP contribution in [-0.2, 0) is 14.3 Å². The third-order valence-corrected chi connectivity index (χ3v) is 3.18. The smallest absolute Gasteiger partial charge is 0.417 e. The number of carbonyl (C=O) groups is 2. The lowest BCUT2D eigenvalue weighted by Gasteiger charge is -2.33. The van der Waals surface area contributed by atoms with Crippen LogP contribution >= 0.6 is 0 Å². The maximum atomic E-state index is 12.7. The summed E-state index contributed by atoms with van der Waals surface area (Å²) in [5.41, 5.74) is -3.15. The van der Waals surface area contributed by atoms with Crippen LogP contribution in [0.15, 0.2) is 0 Å². The van der Waals surface area contributed by atoms with Gasteiger partial charge in [-0.1, -0.05) is 0 Å². The fourth-order valence-corrected chi connectivity index (χ4v) is 1.71. The molecule has 1 saturated heterocycles.